The Morgan fingerprint density at radius 3 is 2.24 bits per heavy atom. The summed E-state index contributed by atoms with van der Waals surface area (Å²) >= 11 is 0. The highest BCUT2D eigenvalue weighted by Crippen LogP contribution is 2.30. The predicted molar refractivity (Wildman–Crippen MR) is 106 cm³/mol. The van der Waals surface area contributed by atoms with Gasteiger partial charge in [0.05, 0.1) is 17.0 Å². The van der Waals surface area contributed by atoms with Gasteiger partial charge < -0.3 is 10.4 Å². The molecular formula is C22H28N2O5. The number of carbonyl (C=O) groups excluding carboxylic acids is 3. The van der Waals surface area contributed by atoms with Gasteiger partial charge in [-0.3, -0.25) is 24.1 Å². The fourth-order valence-corrected chi connectivity index (χ4v) is 4.39. The first-order valence-electron chi connectivity index (χ1n) is 10.3. The number of hydrogen-bond donors (Lipinski definition) is 2. The van der Waals surface area contributed by atoms with Crippen molar-refractivity contribution >= 4 is 23.7 Å². The minimum Gasteiger partial charge on any atom is -0.481 e. The maximum absolute atomic E-state index is 13.0. The van der Waals surface area contributed by atoms with Crippen LogP contribution in [0.5, 0.6) is 0 Å². The molecule has 2 N–H and O–H groups in total. The van der Waals surface area contributed by atoms with Crippen LogP contribution < -0.4 is 5.32 Å². The number of carboxylic acids is 1. The molecule has 3 atom stereocenters. The van der Waals surface area contributed by atoms with Crippen LogP contribution in [0.25, 0.3) is 0 Å². The molecule has 1 saturated carbocycles. The van der Waals surface area contributed by atoms with Crippen LogP contribution in [0.1, 0.15) is 66.7 Å². The molecule has 1 unspecified atom stereocenters. The zero-order chi connectivity index (χ0) is 21.1. The molecule has 2 aliphatic rings. The Kier molecular flexibility index (Phi) is 6.35. The van der Waals surface area contributed by atoms with E-state index in [4.69, 9.17) is 0 Å². The molecule has 1 aliphatic carbocycles. The average molecular weight is 400 g/mol. The minimum atomic E-state index is -0.908. The van der Waals surface area contributed by atoms with Crippen LogP contribution >= 0.6 is 0 Å². The maximum Gasteiger partial charge on any atom is 0.306 e. The Morgan fingerprint density at radius 1 is 1.10 bits per heavy atom. The van der Waals surface area contributed by atoms with Gasteiger partial charge in [-0.2, -0.15) is 0 Å². The monoisotopic (exact) mass is 400 g/mol. The van der Waals surface area contributed by atoms with Gasteiger partial charge in [0.15, 0.2) is 0 Å². The number of amides is 3. The summed E-state index contributed by atoms with van der Waals surface area (Å²) in [6.07, 6.45) is 3.54. The first-order valence-corrected chi connectivity index (χ1v) is 10.3. The largest absolute Gasteiger partial charge is 0.481 e. The van der Waals surface area contributed by atoms with Gasteiger partial charge in [-0.05, 0) is 43.2 Å². The summed E-state index contributed by atoms with van der Waals surface area (Å²) in [7, 11) is 0. The molecule has 29 heavy (non-hydrogen) atoms. The van der Waals surface area contributed by atoms with E-state index in [0.717, 1.165) is 24.2 Å². The van der Waals surface area contributed by atoms with Gasteiger partial charge in [0.25, 0.3) is 11.8 Å². The molecule has 1 heterocycles. The Bertz CT molecular complexity index is 784. The van der Waals surface area contributed by atoms with Crippen molar-refractivity contribution in [3.05, 3.63) is 35.4 Å². The van der Waals surface area contributed by atoms with Crippen molar-refractivity contribution in [2.45, 2.75) is 52.0 Å². The lowest BCUT2D eigenvalue weighted by Gasteiger charge is -2.31. The second-order valence-electron chi connectivity index (χ2n) is 8.41. The second kappa shape index (κ2) is 8.76. The van der Waals surface area contributed by atoms with E-state index in [-0.39, 0.29) is 18.4 Å². The quantitative estimate of drug-likeness (QED) is 0.685. The molecular weight excluding hydrogens is 372 g/mol. The Hall–Kier alpha value is -2.70. The van der Waals surface area contributed by atoms with Crippen molar-refractivity contribution in [1.82, 2.24) is 10.2 Å². The topological polar surface area (TPSA) is 104 Å². The lowest BCUT2D eigenvalue weighted by atomic mass is 9.79. The van der Waals surface area contributed by atoms with Crippen molar-refractivity contribution in [2.24, 2.45) is 17.8 Å². The van der Waals surface area contributed by atoms with E-state index in [9.17, 15) is 24.3 Å². The SMILES string of the molecule is CC(C)CC(C(=O)NC[C@@H]1CCCC[C@@H]1C(=O)O)N1C(=O)c2ccccc2C1=O. The molecule has 0 saturated heterocycles. The molecule has 7 heteroatoms. The van der Waals surface area contributed by atoms with Crippen molar-refractivity contribution in [3.8, 4) is 0 Å². The number of nitrogens with zero attached hydrogens (tertiary/aromatic N) is 1. The molecule has 0 spiro atoms. The summed E-state index contributed by atoms with van der Waals surface area (Å²) in [6.45, 7) is 4.10. The molecule has 0 bridgehead atoms. The molecule has 3 rings (SSSR count). The molecule has 0 radical (unpaired) electrons. The van der Waals surface area contributed by atoms with Gasteiger partial charge in [0.1, 0.15) is 6.04 Å². The van der Waals surface area contributed by atoms with Crippen LogP contribution in [0.2, 0.25) is 0 Å². The molecule has 1 aromatic carbocycles. The van der Waals surface area contributed by atoms with Crippen molar-refractivity contribution in [1.29, 1.82) is 0 Å². The highest BCUT2D eigenvalue weighted by Gasteiger charge is 2.43. The van der Waals surface area contributed by atoms with E-state index in [2.05, 4.69) is 5.32 Å². The number of hydrogen-bond acceptors (Lipinski definition) is 4. The first kappa shape index (κ1) is 21.0. The fraction of sp³-hybridized carbons (Fsp3) is 0.545. The fourth-order valence-electron chi connectivity index (χ4n) is 4.39. The Labute approximate surface area is 170 Å². The second-order valence-corrected chi connectivity index (χ2v) is 8.41. The van der Waals surface area contributed by atoms with Crippen molar-refractivity contribution < 1.29 is 24.3 Å². The molecule has 7 nitrogen and oxygen atoms in total. The minimum absolute atomic E-state index is 0.0940. The summed E-state index contributed by atoms with van der Waals surface area (Å²) in [5.41, 5.74) is 0.634. The van der Waals surface area contributed by atoms with Gasteiger partial charge in [-0.25, -0.2) is 0 Å². The molecule has 0 aromatic heterocycles. The lowest BCUT2D eigenvalue weighted by molar-refractivity contribution is -0.145. The van der Waals surface area contributed by atoms with Crippen LogP contribution in [-0.4, -0.2) is 46.3 Å². The number of fused-ring (bicyclic) bond motifs is 1. The van der Waals surface area contributed by atoms with Crippen LogP contribution in [0, 0.1) is 17.8 Å². The van der Waals surface area contributed by atoms with E-state index in [0.29, 0.717) is 24.0 Å². The zero-order valence-corrected chi connectivity index (χ0v) is 16.9. The number of benzene rings is 1. The van der Waals surface area contributed by atoms with Crippen LogP contribution in [0.15, 0.2) is 24.3 Å². The smallest absolute Gasteiger partial charge is 0.306 e. The van der Waals surface area contributed by atoms with Gasteiger partial charge in [0.2, 0.25) is 5.91 Å². The number of carbonyl (C=O) groups is 4. The standard InChI is InChI=1S/C22H28N2O5/c1-13(2)11-18(24-20(26)16-9-5-6-10-17(16)21(24)27)19(25)23-12-14-7-3-4-8-15(14)22(28)29/h5-6,9-10,13-15,18H,3-4,7-8,11-12H2,1-2H3,(H,23,25)(H,28,29)/t14-,15-,18?/m0/s1. The summed E-state index contributed by atoms with van der Waals surface area (Å²) in [5.74, 6) is -2.64. The number of rotatable bonds is 7. The molecule has 156 valence electrons. The van der Waals surface area contributed by atoms with Crippen molar-refractivity contribution in [3.63, 3.8) is 0 Å². The predicted octanol–water partition coefficient (Wildman–Crippen LogP) is 2.70. The van der Waals surface area contributed by atoms with E-state index in [1.165, 1.54) is 0 Å². The van der Waals surface area contributed by atoms with Gasteiger partial charge in [-0.15, -0.1) is 0 Å². The molecule has 1 fully saturated rings. The Morgan fingerprint density at radius 2 is 1.69 bits per heavy atom. The van der Waals surface area contributed by atoms with Gasteiger partial charge in [-0.1, -0.05) is 38.8 Å². The van der Waals surface area contributed by atoms with E-state index in [1.54, 1.807) is 24.3 Å². The maximum atomic E-state index is 13.0. The number of carboxylic acid groups (broad SMARTS) is 1. The third-order valence-electron chi connectivity index (χ3n) is 5.90. The van der Waals surface area contributed by atoms with E-state index in [1.807, 2.05) is 13.8 Å². The van der Waals surface area contributed by atoms with E-state index >= 15 is 0 Å². The van der Waals surface area contributed by atoms with Crippen LogP contribution in [0.4, 0.5) is 0 Å². The van der Waals surface area contributed by atoms with Crippen LogP contribution in [-0.2, 0) is 9.59 Å². The Balaban J connectivity index is 1.75. The first-order chi connectivity index (χ1) is 13.8. The normalized spacial score (nSPS) is 22.5. The lowest BCUT2D eigenvalue weighted by Crippen LogP contribution is -2.51. The molecule has 1 aliphatic heterocycles. The zero-order valence-electron chi connectivity index (χ0n) is 16.9. The molecule has 1 aromatic rings. The summed E-state index contributed by atoms with van der Waals surface area (Å²) in [6, 6.07) is 5.67. The van der Waals surface area contributed by atoms with Gasteiger partial charge in [0, 0.05) is 6.54 Å². The van der Waals surface area contributed by atoms with E-state index < -0.39 is 35.7 Å². The number of imide groups is 1. The number of nitrogens with one attached hydrogen (secondary N) is 1. The average Bonchev–Trinajstić information content (AvgIpc) is 2.95. The van der Waals surface area contributed by atoms with Gasteiger partial charge >= 0.3 is 5.97 Å². The number of aliphatic carboxylic acids is 1. The van der Waals surface area contributed by atoms with Crippen LogP contribution in [0.3, 0.4) is 0 Å². The third-order valence-corrected chi connectivity index (χ3v) is 5.90. The highest BCUT2D eigenvalue weighted by atomic mass is 16.4. The summed E-state index contributed by atoms with van der Waals surface area (Å²) in [4.78, 5) is 51.2. The summed E-state index contributed by atoms with van der Waals surface area (Å²) in [5, 5.41) is 12.3. The summed E-state index contributed by atoms with van der Waals surface area (Å²) < 4.78 is 0. The van der Waals surface area contributed by atoms with Crippen molar-refractivity contribution in [2.75, 3.05) is 6.54 Å². The highest BCUT2D eigenvalue weighted by molar-refractivity contribution is 6.22. The molecule has 3 amide bonds. The third kappa shape index (κ3) is 4.33.